The number of aryl methyl sites for hydroxylation is 1. The molecule has 0 spiro atoms. The molecule has 1 aromatic heterocycles. The Morgan fingerprint density at radius 3 is 2.81 bits per heavy atom. The fourth-order valence-electron chi connectivity index (χ4n) is 1.91. The summed E-state index contributed by atoms with van der Waals surface area (Å²) in [5.74, 6) is 0.750. The molecule has 0 radical (unpaired) electrons. The fourth-order valence-corrected chi connectivity index (χ4v) is 2.03. The third kappa shape index (κ3) is 2.28. The van der Waals surface area contributed by atoms with Crippen molar-refractivity contribution in [2.75, 3.05) is 32.1 Å². The Morgan fingerprint density at radius 1 is 1.50 bits per heavy atom. The van der Waals surface area contributed by atoms with Crippen LogP contribution >= 0.6 is 11.6 Å². The molecule has 1 saturated heterocycles. The molecule has 0 aliphatic carbocycles. The Morgan fingerprint density at radius 2 is 2.25 bits per heavy atom. The monoisotopic (exact) mass is 240 g/mol. The lowest BCUT2D eigenvalue weighted by Gasteiger charge is -2.20. The van der Waals surface area contributed by atoms with Crippen molar-refractivity contribution < 1.29 is 0 Å². The zero-order valence-corrected chi connectivity index (χ0v) is 10.7. The normalized spacial score (nSPS) is 20.8. The first-order valence-electron chi connectivity index (χ1n) is 5.48. The van der Waals surface area contributed by atoms with Gasteiger partial charge in [0, 0.05) is 30.9 Å². The molecule has 2 heterocycles. The van der Waals surface area contributed by atoms with E-state index in [9.17, 15) is 0 Å². The molecule has 0 N–H and O–H groups in total. The Hall–Kier alpha value is -0.870. The predicted molar refractivity (Wildman–Crippen MR) is 66.1 cm³/mol. The second-order valence-corrected chi connectivity index (χ2v) is 4.85. The van der Waals surface area contributed by atoms with Gasteiger partial charge in [0.1, 0.15) is 5.15 Å². The summed E-state index contributed by atoms with van der Waals surface area (Å²) in [6.45, 7) is 3.90. The van der Waals surface area contributed by atoms with E-state index in [1.54, 1.807) is 6.20 Å². The Balaban J connectivity index is 2.11. The summed E-state index contributed by atoms with van der Waals surface area (Å²) >= 11 is 6.00. The number of rotatable bonds is 2. The van der Waals surface area contributed by atoms with E-state index in [4.69, 9.17) is 11.6 Å². The molecule has 1 aliphatic rings. The summed E-state index contributed by atoms with van der Waals surface area (Å²) in [5, 5.41) is 0.554. The molecule has 0 amide bonds. The lowest BCUT2D eigenvalue weighted by atomic mass is 10.2. The van der Waals surface area contributed by atoms with E-state index in [0.717, 1.165) is 31.0 Å². The van der Waals surface area contributed by atoms with Crippen molar-refractivity contribution in [2.24, 2.45) is 0 Å². The van der Waals surface area contributed by atoms with E-state index in [1.165, 1.54) is 0 Å². The number of nitrogens with zero attached hydrogens (tertiary/aromatic N) is 4. The summed E-state index contributed by atoms with van der Waals surface area (Å²) in [6, 6.07) is 0.587. The first-order chi connectivity index (χ1) is 7.58. The maximum atomic E-state index is 6.00. The van der Waals surface area contributed by atoms with Crippen molar-refractivity contribution in [3.05, 3.63) is 16.9 Å². The smallest absolute Gasteiger partial charge is 0.226 e. The lowest BCUT2D eigenvalue weighted by molar-refractivity contribution is 0.315. The van der Waals surface area contributed by atoms with Gasteiger partial charge in [-0.25, -0.2) is 9.97 Å². The molecule has 1 fully saturated rings. The molecule has 16 heavy (non-hydrogen) atoms. The van der Waals surface area contributed by atoms with Crippen molar-refractivity contribution in [1.29, 1.82) is 0 Å². The van der Waals surface area contributed by atoms with Crippen molar-refractivity contribution >= 4 is 17.5 Å². The van der Waals surface area contributed by atoms with Gasteiger partial charge in [0.2, 0.25) is 5.95 Å². The van der Waals surface area contributed by atoms with Crippen LogP contribution in [0.2, 0.25) is 5.15 Å². The number of hydrogen-bond acceptors (Lipinski definition) is 4. The largest absolute Gasteiger partial charge is 0.339 e. The van der Waals surface area contributed by atoms with Crippen LogP contribution in [0, 0.1) is 6.92 Å². The van der Waals surface area contributed by atoms with E-state index in [-0.39, 0.29) is 0 Å². The third-order valence-corrected chi connectivity index (χ3v) is 3.46. The van der Waals surface area contributed by atoms with E-state index in [1.807, 2.05) is 6.92 Å². The molecule has 1 aromatic rings. The van der Waals surface area contributed by atoms with E-state index >= 15 is 0 Å². The lowest BCUT2D eigenvalue weighted by Crippen LogP contribution is -2.32. The number of aromatic nitrogens is 2. The highest BCUT2D eigenvalue weighted by Crippen LogP contribution is 2.21. The number of hydrogen-bond donors (Lipinski definition) is 0. The van der Waals surface area contributed by atoms with Crippen LogP contribution in [0.1, 0.15) is 12.0 Å². The maximum absolute atomic E-state index is 6.00. The van der Waals surface area contributed by atoms with Gasteiger partial charge in [-0.2, -0.15) is 0 Å². The molecule has 5 heteroatoms. The molecule has 88 valence electrons. The molecular formula is C11H17ClN4. The van der Waals surface area contributed by atoms with Crippen LogP contribution in [0.15, 0.2) is 6.20 Å². The highest BCUT2D eigenvalue weighted by molar-refractivity contribution is 6.30. The highest BCUT2D eigenvalue weighted by atomic mass is 35.5. The van der Waals surface area contributed by atoms with Crippen LogP contribution in [0.4, 0.5) is 5.95 Å². The molecule has 0 aromatic carbocycles. The summed E-state index contributed by atoms with van der Waals surface area (Å²) in [6.07, 6.45) is 2.94. The van der Waals surface area contributed by atoms with Crippen LogP contribution < -0.4 is 4.90 Å². The minimum absolute atomic E-state index is 0.554. The standard InChI is InChI=1S/C11H17ClN4/c1-8-6-13-11(14-10(8)12)16-5-4-9(7-16)15(2)3/h6,9H,4-5,7H2,1-3H3/t9-/m1/s1. The molecule has 2 rings (SSSR count). The van der Waals surface area contributed by atoms with Crippen molar-refractivity contribution in [2.45, 2.75) is 19.4 Å². The first-order valence-corrected chi connectivity index (χ1v) is 5.86. The fraction of sp³-hybridized carbons (Fsp3) is 0.636. The summed E-state index contributed by atoms with van der Waals surface area (Å²) < 4.78 is 0. The van der Waals surface area contributed by atoms with Crippen LogP contribution in [0.3, 0.4) is 0 Å². The van der Waals surface area contributed by atoms with Crippen LogP contribution in [0.5, 0.6) is 0 Å². The van der Waals surface area contributed by atoms with E-state index < -0.39 is 0 Å². The minimum Gasteiger partial charge on any atom is -0.339 e. The summed E-state index contributed by atoms with van der Waals surface area (Å²) in [5.41, 5.74) is 0.925. The van der Waals surface area contributed by atoms with Crippen molar-refractivity contribution in [3.8, 4) is 0 Å². The SMILES string of the molecule is Cc1cnc(N2CC[C@@H](N(C)C)C2)nc1Cl. The van der Waals surface area contributed by atoms with Crippen molar-refractivity contribution in [1.82, 2.24) is 14.9 Å². The number of halogens is 1. The molecule has 0 unspecified atom stereocenters. The van der Waals surface area contributed by atoms with Crippen LogP contribution in [-0.4, -0.2) is 48.1 Å². The van der Waals surface area contributed by atoms with E-state index in [2.05, 4.69) is 33.9 Å². The average molecular weight is 241 g/mol. The van der Waals surface area contributed by atoms with E-state index in [0.29, 0.717) is 11.2 Å². The zero-order valence-electron chi connectivity index (χ0n) is 9.94. The average Bonchev–Trinajstić information content (AvgIpc) is 2.71. The second-order valence-electron chi connectivity index (χ2n) is 4.50. The Kier molecular flexibility index (Phi) is 3.30. The van der Waals surface area contributed by atoms with Gasteiger partial charge in [0.05, 0.1) is 0 Å². The van der Waals surface area contributed by atoms with Crippen molar-refractivity contribution in [3.63, 3.8) is 0 Å². The number of likely N-dealkylation sites (N-methyl/N-ethyl adjacent to an activating group) is 1. The Bertz CT molecular complexity index is 380. The molecule has 1 atom stereocenters. The molecule has 0 bridgehead atoms. The number of anilines is 1. The molecule has 1 aliphatic heterocycles. The van der Waals surface area contributed by atoms with Crippen LogP contribution in [-0.2, 0) is 0 Å². The highest BCUT2D eigenvalue weighted by Gasteiger charge is 2.25. The van der Waals surface area contributed by atoms with Gasteiger partial charge in [0.15, 0.2) is 0 Å². The zero-order chi connectivity index (χ0) is 11.7. The molecule has 0 saturated carbocycles. The van der Waals surface area contributed by atoms with Gasteiger partial charge in [0.25, 0.3) is 0 Å². The van der Waals surface area contributed by atoms with Gasteiger partial charge in [-0.1, -0.05) is 11.6 Å². The minimum atomic E-state index is 0.554. The second kappa shape index (κ2) is 4.55. The van der Waals surface area contributed by atoms with Gasteiger partial charge >= 0.3 is 0 Å². The summed E-state index contributed by atoms with van der Waals surface area (Å²) in [4.78, 5) is 13.1. The topological polar surface area (TPSA) is 32.3 Å². The van der Waals surface area contributed by atoms with Gasteiger partial charge in [-0.05, 0) is 27.4 Å². The molecule has 4 nitrogen and oxygen atoms in total. The van der Waals surface area contributed by atoms with Gasteiger partial charge in [-0.15, -0.1) is 0 Å². The van der Waals surface area contributed by atoms with Crippen LogP contribution in [0.25, 0.3) is 0 Å². The van der Waals surface area contributed by atoms with Gasteiger partial charge in [-0.3, -0.25) is 0 Å². The maximum Gasteiger partial charge on any atom is 0.226 e. The first kappa shape index (κ1) is 11.6. The summed E-state index contributed by atoms with van der Waals surface area (Å²) in [7, 11) is 4.22. The quantitative estimate of drug-likeness (QED) is 0.735. The Labute approximate surface area is 101 Å². The predicted octanol–water partition coefficient (Wildman–Crippen LogP) is 1.58. The third-order valence-electron chi connectivity index (χ3n) is 3.07. The van der Waals surface area contributed by atoms with Gasteiger partial charge < -0.3 is 9.80 Å². The molecular weight excluding hydrogens is 224 g/mol.